The average Bonchev–Trinajstić information content (AvgIpc) is 3.10. The number of nitrogens with zero attached hydrogens (tertiary/aromatic N) is 2. The van der Waals surface area contributed by atoms with Gasteiger partial charge in [-0.3, -0.25) is 9.69 Å². The first-order chi connectivity index (χ1) is 14.0. The number of likely N-dealkylation sites (tertiary alicyclic amines) is 1. The number of primary amides is 1. The quantitative estimate of drug-likeness (QED) is 0.734. The summed E-state index contributed by atoms with van der Waals surface area (Å²) in [6, 6.07) is 9.51. The number of nitrogens with two attached hydrogens (primary N) is 1. The van der Waals surface area contributed by atoms with E-state index in [-0.39, 0.29) is 5.91 Å². The third-order valence-corrected chi connectivity index (χ3v) is 5.97. The molecule has 2 amide bonds. The highest BCUT2D eigenvalue weighted by Crippen LogP contribution is 2.28. The largest absolute Gasteiger partial charge is 0.410 e. The van der Waals surface area contributed by atoms with E-state index in [1.54, 1.807) is 18.2 Å². The van der Waals surface area contributed by atoms with Crippen molar-refractivity contribution in [3.8, 4) is 11.8 Å². The lowest BCUT2D eigenvalue weighted by Gasteiger charge is -2.25. The van der Waals surface area contributed by atoms with E-state index in [4.69, 9.17) is 10.5 Å². The maximum Gasteiger partial charge on any atom is 0.409 e. The smallest absolute Gasteiger partial charge is 0.409 e. The van der Waals surface area contributed by atoms with E-state index in [1.165, 1.54) is 32.1 Å². The summed E-state index contributed by atoms with van der Waals surface area (Å²) in [5.41, 5.74) is 5.19. The van der Waals surface area contributed by atoms with Gasteiger partial charge in [-0.1, -0.05) is 44.2 Å². The van der Waals surface area contributed by atoms with Gasteiger partial charge in [0.1, 0.15) is 11.3 Å². The zero-order valence-corrected chi connectivity index (χ0v) is 16.9. The number of carbonyl (C=O) groups excluding carboxylic acids is 2. The van der Waals surface area contributed by atoms with Crippen LogP contribution in [0.2, 0.25) is 0 Å². The zero-order valence-electron chi connectivity index (χ0n) is 16.9. The lowest BCUT2D eigenvalue weighted by Crippen LogP contribution is -2.49. The van der Waals surface area contributed by atoms with Crippen molar-refractivity contribution in [1.29, 1.82) is 5.26 Å². The van der Waals surface area contributed by atoms with Gasteiger partial charge in [-0.2, -0.15) is 5.26 Å². The second-order valence-electron chi connectivity index (χ2n) is 8.31. The molecule has 1 unspecified atom stereocenters. The van der Waals surface area contributed by atoms with E-state index < -0.39 is 11.6 Å². The lowest BCUT2D eigenvalue weighted by atomic mass is 9.86. The van der Waals surface area contributed by atoms with Crippen molar-refractivity contribution in [1.82, 2.24) is 10.2 Å². The molecule has 1 heterocycles. The molecule has 3 rings (SSSR count). The van der Waals surface area contributed by atoms with E-state index in [9.17, 15) is 14.9 Å². The van der Waals surface area contributed by atoms with E-state index >= 15 is 0 Å². The Kier molecular flexibility index (Phi) is 7.10. The van der Waals surface area contributed by atoms with Crippen LogP contribution in [-0.4, -0.2) is 35.5 Å². The van der Waals surface area contributed by atoms with Crippen LogP contribution in [0, 0.1) is 17.2 Å². The van der Waals surface area contributed by atoms with Gasteiger partial charge in [0.25, 0.3) is 0 Å². The van der Waals surface area contributed by atoms with Crippen molar-refractivity contribution in [3.63, 3.8) is 0 Å². The summed E-state index contributed by atoms with van der Waals surface area (Å²) in [6.07, 6.45) is 7.49. The molecule has 0 spiro atoms. The minimum Gasteiger partial charge on any atom is -0.410 e. The highest BCUT2D eigenvalue weighted by atomic mass is 16.5. The van der Waals surface area contributed by atoms with Gasteiger partial charge in [-0.05, 0) is 36.5 Å². The summed E-state index contributed by atoms with van der Waals surface area (Å²) in [4.78, 5) is 25.5. The molecule has 1 atom stereocenters. The third-order valence-electron chi connectivity index (χ3n) is 5.97. The standard InChI is InChI=1S/C22H30N4O3/c23-15-22(25-20(27)10-9-17-5-2-1-3-6-17)11-12-26(16-22)14-18-7-4-8-19(13-18)29-21(24)28/h4,7-8,13,17H,1-3,5-6,9-12,14,16H2,(H2,24,28)(H,25,27). The minimum absolute atomic E-state index is 0.0178. The number of nitrogens with one attached hydrogen (secondary N) is 1. The van der Waals surface area contributed by atoms with Crippen LogP contribution in [-0.2, 0) is 11.3 Å². The van der Waals surface area contributed by atoms with Gasteiger partial charge in [0.05, 0.1) is 6.07 Å². The topological polar surface area (TPSA) is 108 Å². The van der Waals surface area contributed by atoms with Crippen molar-refractivity contribution in [2.24, 2.45) is 11.7 Å². The fraction of sp³-hybridized carbons (Fsp3) is 0.591. The molecule has 1 aliphatic carbocycles. The summed E-state index contributed by atoms with van der Waals surface area (Å²) in [5.74, 6) is 1.04. The molecular formula is C22H30N4O3. The fourth-order valence-corrected chi connectivity index (χ4v) is 4.47. The molecule has 7 nitrogen and oxygen atoms in total. The number of ether oxygens (including phenoxy) is 1. The van der Waals surface area contributed by atoms with Gasteiger partial charge in [0, 0.05) is 26.1 Å². The molecule has 0 aromatic heterocycles. The van der Waals surface area contributed by atoms with Gasteiger partial charge in [-0.15, -0.1) is 0 Å². The van der Waals surface area contributed by atoms with Crippen LogP contribution >= 0.6 is 0 Å². The van der Waals surface area contributed by atoms with E-state index in [2.05, 4.69) is 16.3 Å². The predicted octanol–water partition coefficient (Wildman–Crippen LogP) is 3.09. The van der Waals surface area contributed by atoms with Crippen LogP contribution in [0.4, 0.5) is 4.79 Å². The van der Waals surface area contributed by atoms with Crippen molar-refractivity contribution in [2.45, 2.75) is 63.5 Å². The molecule has 0 bridgehead atoms. The third kappa shape index (κ3) is 6.20. The van der Waals surface area contributed by atoms with Gasteiger partial charge in [0.15, 0.2) is 0 Å². The molecule has 2 fully saturated rings. The molecule has 1 aliphatic heterocycles. The molecule has 2 aliphatic rings. The molecule has 0 radical (unpaired) electrons. The first-order valence-electron chi connectivity index (χ1n) is 10.5. The van der Waals surface area contributed by atoms with E-state index in [0.717, 1.165) is 18.5 Å². The zero-order chi connectivity index (χ0) is 20.7. The number of hydrogen-bond acceptors (Lipinski definition) is 5. The molecule has 1 saturated heterocycles. The van der Waals surface area contributed by atoms with Crippen LogP contribution in [0.15, 0.2) is 24.3 Å². The average molecular weight is 399 g/mol. The monoisotopic (exact) mass is 398 g/mol. The maximum atomic E-state index is 12.5. The molecule has 3 N–H and O–H groups in total. The van der Waals surface area contributed by atoms with Crippen LogP contribution in [0.25, 0.3) is 0 Å². The van der Waals surface area contributed by atoms with Crippen molar-refractivity contribution in [3.05, 3.63) is 29.8 Å². The molecule has 156 valence electrons. The van der Waals surface area contributed by atoms with Crippen molar-refractivity contribution in [2.75, 3.05) is 13.1 Å². The number of rotatable bonds is 7. The molecule has 1 aromatic rings. The Morgan fingerprint density at radius 2 is 2.10 bits per heavy atom. The fourth-order valence-electron chi connectivity index (χ4n) is 4.47. The van der Waals surface area contributed by atoms with Crippen LogP contribution in [0.3, 0.4) is 0 Å². The molecule has 1 aromatic carbocycles. The normalized spacial score (nSPS) is 22.7. The Balaban J connectivity index is 1.51. The van der Waals surface area contributed by atoms with E-state index in [0.29, 0.717) is 37.6 Å². The summed E-state index contributed by atoms with van der Waals surface area (Å²) < 4.78 is 4.92. The second-order valence-corrected chi connectivity index (χ2v) is 8.31. The number of hydrogen-bond donors (Lipinski definition) is 2. The Morgan fingerprint density at radius 1 is 1.31 bits per heavy atom. The van der Waals surface area contributed by atoms with Crippen molar-refractivity contribution < 1.29 is 14.3 Å². The Hall–Kier alpha value is -2.59. The molecular weight excluding hydrogens is 368 g/mol. The van der Waals surface area contributed by atoms with E-state index in [1.807, 2.05) is 6.07 Å². The van der Waals surface area contributed by atoms with Crippen LogP contribution < -0.4 is 15.8 Å². The number of amides is 2. The van der Waals surface area contributed by atoms with Crippen LogP contribution in [0.5, 0.6) is 5.75 Å². The summed E-state index contributed by atoms with van der Waals surface area (Å²) in [5, 5.41) is 12.8. The first kappa shape index (κ1) is 21.1. The van der Waals surface area contributed by atoms with Crippen LogP contribution in [0.1, 0.15) is 56.9 Å². The highest BCUT2D eigenvalue weighted by molar-refractivity contribution is 5.77. The number of nitriles is 1. The lowest BCUT2D eigenvalue weighted by molar-refractivity contribution is -0.122. The highest BCUT2D eigenvalue weighted by Gasteiger charge is 2.39. The van der Waals surface area contributed by atoms with Gasteiger partial charge in [-0.25, -0.2) is 4.79 Å². The maximum absolute atomic E-state index is 12.5. The van der Waals surface area contributed by atoms with Gasteiger partial charge >= 0.3 is 6.09 Å². The predicted molar refractivity (Wildman–Crippen MR) is 109 cm³/mol. The number of benzene rings is 1. The summed E-state index contributed by atoms with van der Waals surface area (Å²) in [6.45, 7) is 1.81. The van der Waals surface area contributed by atoms with Crippen molar-refractivity contribution >= 4 is 12.0 Å². The summed E-state index contributed by atoms with van der Waals surface area (Å²) in [7, 11) is 0. The summed E-state index contributed by atoms with van der Waals surface area (Å²) >= 11 is 0. The SMILES string of the molecule is N#CC1(NC(=O)CCC2CCCCC2)CCN(Cc2cccc(OC(N)=O)c2)C1. The molecule has 1 saturated carbocycles. The second kappa shape index (κ2) is 9.75. The first-order valence-corrected chi connectivity index (χ1v) is 10.5. The van der Waals surface area contributed by atoms with Gasteiger partial charge < -0.3 is 15.8 Å². The Morgan fingerprint density at radius 3 is 2.83 bits per heavy atom. The minimum atomic E-state index is -0.845. The Bertz CT molecular complexity index is 770. The molecule has 7 heteroatoms. The van der Waals surface area contributed by atoms with Gasteiger partial charge in [0.2, 0.25) is 5.91 Å². The Labute approximate surface area is 172 Å². The number of carbonyl (C=O) groups is 2. The molecule has 29 heavy (non-hydrogen) atoms.